The first kappa shape index (κ1) is 14.8. The molecule has 1 unspecified atom stereocenters. The van der Waals surface area contributed by atoms with Crippen LogP contribution in [0.25, 0.3) is 0 Å². The number of likely N-dealkylation sites (N-methyl/N-ethyl adjacent to an activating group) is 1. The highest BCUT2D eigenvalue weighted by Gasteiger charge is 2.31. The minimum Gasteiger partial charge on any atom is -0.480 e. The Morgan fingerprint density at radius 3 is 2.45 bits per heavy atom. The van der Waals surface area contributed by atoms with E-state index in [1.165, 1.54) is 6.07 Å². The van der Waals surface area contributed by atoms with Crippen LogP contribution in [0.2, 0.25) is 0 Å². The van der Waals surface area contributed by atoms with E-state index in [-0.39, 0.29) is 10.8 Å². The molecule has 1 saturated heterocycles. The molecule has 1 fully saturated rings. The molecule has 0 aromatic heterocycles. The van der Waals surface area contributed by atoms with E-state index in [2.05, 4.69) is 0 Å². The number of likely N-dealkylation sites (tertiary alicyclic amines) is 1. The Morgan fingerprint density at radius 2 is 1.95 bits per heavy atom. The maximum atomic E-state index is 11.8. The summed E-state index contributed by atoms with van der Waals surface area (Å²) in [5, 5.41) is 5.15. The third-order valence-corrected chi connectivity index (χ3v) is 4.48. The fourth-order valence-electron chi connectivity index (χ4n) is 2.25. The van der Waals surface area contributed by atoms with Gasteiger partial charge in [0.2, 0.25) is 10.0 Å². The highest BCUT2D eigenvalue weighted by molar-refractivity contribution is 7.89. The van der Waals surface area contributed by atoms with Crippen molar-refractivity contribution in [2.45, 2.75) is 31.3 Å². The fraction of sp³-hybridized carbons (Fsp3) is 0.462. The number of ether oxygens (including phenoxy) is 1. The lowest BCUT2D eigenvalue weighted by atomic mass is 10.1. The molecular formula is C13H18N2O4S. The Hall–Kier alpha value is -1.60. The number of carbonyl (C=O) groups excluding carboxylic acids is 1. The van der Waals surface area contributed by atoms with Crippen molar-refractivity contribution < 1.29 is 17.9 Å². The number of aryl methyl sites for hydroxylation is 2. The van der Waals surface area contributed by atoms with E-state index in [0.29, 0.717) is 29.8 Å². The number of hydrogen-bond donors (Lipinski definition) is 1. The zero-order valence-corrected chi connectivity index (χ0v) is 12.5. The summed E-state index contributed by atoms with van der Waals surface area (Å²) >= 11 is 0. The Bertz CT molecular complexity index is 655. The Morgan fingerprint density at radius 1 is 1.30 bits per heavy atom. The van der Waals surface area contributed by atoms with E-state index < -0.39 is 16.1 Å². The SMILES string of the molecule is Cc1cc(S(N)(=O)=O)c(C)cc1OC1CCN(C)C1=O. The number of primary sulfonamides is 1. The summed E-state index contributed by atoms with van der Waals surface area (Å²) in [4.78, 5) is 13.5. The molecule has 1 aliphatic rings. The monoisotopic (exact) mass is 298 g/mol. The molecule has 0 saturated carbocycles. The van der Waals surface area contributed by atoms with Gasteiger partial charge < -0.3 is 9.64 Å². The van der Waals surface area contributed by atoms with Crippen molar-refractivity contribution >= 4 is 15.9 Å². The van der Waals surface area contributed by atoms with Crippen LogP contribution in [-0.4, -0.2) is 38.9 Å². The van der Waals surface area contributed by atoms with Crippen LogP contribution in [0.4, 0.5) is 0 Å². The quantitative estimate of drug-likeness (QED) is 0.883. The number of nitrogens with zero attached hydrogens (tertiary/aromatic N) is 1. The second kappa shape index (κ2) is 5.06. The molecule has 6 nitrogen and oxygen atoms in total. The van der Waals surface area contributed by atoms with Crippen molar-refractivity contribution in [2.24, 2.45) is 5.14 Å². The zero-order chi connectivity index (χ0) is 15.1. The highest BCUT2D eigenvalue weighted by atomic mass is 32.2. The molecule has 0 bridgehead atoms. The minimum atomic E-state index is -3.75. The Kier molecular flexibility index (Phi) is 3.75. The van der Waals surface area contributed by atoms with Gasteiger partial charge in [-0.15, -0.1) is 0 Å². The lowest BCUT2D eigenvalue weighted by Crippen LogP contribution is -2.29. The van der Waals surface area contributed by atoms with Crippen LogP contribution >= 0.6 is 0 Å². The largest absolute Gasteiger partial charge is 0.480 e. The average Bonchev–Trinajstić information content (AvgIpc) is 2.64. The zero-order valence-electron chi connectivity index (χ0n) is 11.7. The summed E-state index contributed by atoms with van der Waals surface area (Å²) in [6, 6.07) is 3.09. The number of benzene rings is 1. The average molecular weight is 298 g/mol. The van der Waals surface area contributed by atoms with Crippen molar-refractivity contribution in [3.63, 3.8) is 0 Å². The van der Waals surface area contributed by atoms with Gasteiger partial charge in [0.15, 0.2) is 6.10 Å². The molecule has 1 aromatic rings. The molecule has 1 heterocycles. The van der Waals surface area contributed by atoms with Gasteiger partial charge in [0.1, 0.15) is 5.75 Å². The standard InChI is InChI=1S/C13H18N2O4S/c1-8-7-12(20(14,17)18)9(2)6-11(8)19-10-4-5-15(3)13(10)16/h6-7,10H,4-5H2,1-3H3,(H2,14,17,18). The summed E-state index contributed by atoms with van der Waals surface area (Å²) in [6.45, 7) is 4.04. The Balaban J connectivity index is 2.31. The fourth-order valence-corrected chi connectivity index (χ4v) is 3.10. The van der Waals surface area contributed by atoms with E-state index in [9.17, 15) is 13.2 Å². The van der Waals surface area contributed by atoms with Crippen molar-refractivity contribution in [3.05, 3.63) is 23.3 Å². The molecule has 2 rings (SSSR count). The predicted molar refractivity (Wildman–Crippen MR) is 74.0 cm³/mol. The lowest BCUT2D eigenvalue weighted by molar-refractivity contribution is -0.132. The maximum Gasteiger partial charge on any atom is 0.263 e. The molecule has 20 heavy (non-hydrogen) atoms. The first-order valence-electron chi connectivity index (χ1n) is 6.26. The van der Waals surface area contributed by atoms with Gasteiger partial charge in [-0.05, 0) is 37.1 Å². The van der Waals surface area contributed by atoms with Gasteiger partial charge in [0, 0.05) is 20.0 Å². The van der Waals surface area contributed by atoms with Gasteiger partial charge in [0.25, 0.3) is 5.91 Å². The van der Waals surface area contributed by atoms with E-state index in [0.717, 1.165) is 0 Å². The summed E-state index contributed by atoms with van der Waals surface area (Å²) in [7, 11) is -2.02. The third kappa shape index (κ3) is 2.78. The van der Waals surface area contributed by atoms with Crippen LogP contribution < -0.4 is 9.88 Å². The molecule has 1 aliphatic heterocycles. The van der Waals surface area contributed by atoms with Gasteiger partial charge in [-0.3, -0.25) is 4.79 Å². The molecule has 2 N–H and O–H groups in total. The van der Waals surface area contributed by atoms with E-state index >= 15 is 0 Å². The summed E-state index contributed by atoms with van der Waals surface area (Å²) in [5.41, 5.74) is 1.15. The maximum absolute atomic E-state index is 11.8. The number of nitrogens with two attached hydrogens (primary N) is 1. The van der Waals surface area contributed by atoms with Crippen LogP contribution in [0, 0.1) is 13.8 Å². The van der Waals surface area contributed by atoms with Gasteiger partial charge >= 0.3 is 0 Å². The number of rotatable bonds is 3. The van der Waals surface area contributed by atoms with E-state index in [1.807, 2.05) is 0 Å². The number of sulfonamides is 1. The van der Waals surface area contributed by atoms with Crippen molar-refractivity contribution in [1.29, 1.82) is 0 Å². The summed E-state index contributed by atoms with van der Waals surface area (Å²) in [5.74, 6) is 0.459. The molecular weight excluding hydrogens is 280 g/mol. The van der Waals surface area contributed by atoms with E-state index in [4.69, 9.17) is 9.88 Å². The molecule has 0 aliphatic carbocycles. The smallest absolute Gasteiger partial charge is 0.263 e. The van der Waals surface area contributed by atoms with E-state index in [1.54, 1.807) is 31.9 Å². The molecule has 7 heteroatoms. The minimum absolute atomic E-state index is 0.0578. The molecule has 1 atom stereocenters. The topological polar surface area (TPSA) is 89.7 Å². The predicted octanol–water partition coefficient (Wildman–Crippen LogP) is 0.560. The second-order valence-electron chi connectivity index (χ2n) is 5.08. The Labute approximate surface area is 118 Å². The first-order chi connectivity index (χ1) is 9.20. The van der Waals surface area contributed by atoms with Gasteiger partial charge in [-0.2, -0.15) is 0 Å². The van der Waals surface area contributed by atoms with Crippen LogP contribution in [0.1, 0.15) is 17.5 Å². The van der Waals surface area contributed by atoms with Gasteiger partial charge in [-0.1, -0.05) is 0 Å². The first-order valence-corrected chi connectivity index (χ1v) is 7.80. The summed E-state index contributed by atoms with van der Waals surface area (Å²) < 4.78 is 28.6. The second-order valence-corrected chi connectivity index (χ2v) is 6.61. The molecule has 1 aromatic carbocycles. The molecule has 110 valence electrons. The molecule has 0 spiro atoms. The molecule has 1 amide bonds. The summed E-state index contributed by atoms with van der Waals surface area (Å²) in [6.07, 6.45) is 0.128. The number of hydrogen-bond acceptors (Lipinski definition) is 4. The molecule has 0 radical (unpaired) electrons. The number of amides is 1. The third-order valence-electron chi connectivity index (χ3n) is 3.43. The van der Waals surface area contributed by atoms with Crippen LogP contribution in [0.3, 0.4) is 0 Å². The van der Waals surface area contributed by atoms with Crippen molar-refractivity contribution in [3.8, 4) is 5.75 Å². The van der Waals surface area contributed by atoms with Gasteiger partial charge in [-0.25, -0.2) is 13.6 Å². The van der Waals surface area contributed by atoms with Crippen LogP contribution in [0.15, 0.2) is 17.0 Å². The lowest BCUT2D eigenvalue weighted by Gasteiger charge is -2.16. The van der Waals surface area contributed by atoms with Gasteiger partial charge in [0.05, 0.1) is 4.90 Å². The van der Waals surface area contributed by atoms with Crippen LogP contribution in [-0.2, 0) is 14.8 Å². The van der Waals surface area contributed by atoms with Crippen LogP contribution in [0.5, 0.6) is 5.75 Å². The number of carbonyl (C=O) groups is 1. The highest BCUT2D eigenvalue weighted by Crippen LogP contribution is 2.27. The van der Waals surface area contributed by atoms with Crippen molar-refractivity contribution in [2.75, 3.05) is 13.6 Å². The normalized spacial score (nSPS) is 19.5. The van der Waals surface area contributed by atoms with Crippen molar-refractivity contribution in [1.82, 2.24) is 4.90 Å².